The van der Waals surface area contributed by atoms with E-state index in [1.807, 2.05) is 0 Å². The molecule has 98 valence electrons. The maximum Gasteiger partial charge on any atom is 0.186 e. The van der Waals surface area contributed by atoms with Crippen LogP contribution in [0.1, 0.15) is 25.3 Å². The molecule has 0 aliphatic heterocycles. The molecule has 3 nitrogen and oxygen atoms in total. The Labute approximate surface area is 110 Å². The molecule has 0 bridgehead atoms. The average Bonchev–Trinajstić information content (AvgIpc) is 2.32. The van der Waals surface area contributed by atoms with Crippen LogP contribution in [0.25, 0.3) is 0 Å². The molecular formula is C12H15F2N3S. The molecule has 0 aliphatic rings. The molecule has 1 aromatic carbocycles. The summed E-state index contributed by atoms with van der Waals surface area (Å²) in [4.78, 5) is 0. The molecule has 0 saturated heterocycles. The van der Waals surface area contributed by atoms with Gasteiger partial charge in [-0.2, -0.15) is 5.10 Å². The summed E-state index contributed by atoms with van der Waals surface area (Å²) in [5.41, 5.74) is 2.76. The second kappa shape index (κ2) is 7.71. The highest BCUT2D eigenvalue weighted by atomic mass is 32.1. The van der Waals surface area contributed by atoms with Crippen molar-refractivity contribution in [2.24, 2.45) is 5.10 Å². The van der Waals surface area contributed by atoms with Crippen LogP contribution in [0.15, 0.2) is 23.3 Å². The first-order valence-corrected chi connectivity index (χ1v) is 6.06. The number of unbranched alkanes of at least 4 members (excludes halogenated alkanes) is 1. The highest BCUT2D eigenvalue weighted by molar-refractivity contribution is 7.80. The number of nitrogens with one attached hydrogen (secondary N) is 2. The van der Waals surface area contributed by atoms with E-state index in [1.165, 1.54) is 18.3 Å². The van der Waals surface area contributed by atoms with E-state index in [-0.39, 0.29) is 5.56 Å². The van der Waals surface area contributed by atoms with E-state index in [1.54, 1.807) is 0 Å². The van der Waals surface area contributed by atoms with E-state index in [0.717, 1.165) is 25.5 Å². The van der Waals surface area contributed by atoms with Gasteiger partial charge in [0.1, 0.15) is 11.6 Å². The molecule has 0 spiro atoms. The molecule has 1 aromatic rings. The van der Waals surface area contributed by atoms with E-state index < -0.39 is 11.6 Å². The van der Waals surface area contributed by atoms with E-state index >= 15 is 0 Å². The van der Waals surface area contributed by atoms with E-state index in [0.29, 0.717) is 5.11 Å². The highest BCUT2D eigenvalue weighted by Gasteiger charge is 2.00. The Bertz CT molecular complexity index is 435. The van der Waals surface area contributed by atoms with Gasteiger partial charge in [0.15, 0.2) is 5.11 Å². The Kier molecular flexibility index (Phi) is 6.21. The molecule has 0 aromatic heterocycles. The number of benzene rings is 1. The van der Waals surface area contributed by atoms with Crippen LogP contribution in [0.4, 0.5) is 8.78 Å². The minimum Gasteiger partial charge on any atom is -0.361 e. The van der Waals surface area contributed by atoms with Crippen molar-refractivity contribution in [1.82, 2.24) is 10.7 Å². The van der Waals surface area contributed by atoms with Gasteiger partial charge in [0.2, 0.25) is 0 Å². The van der Waals surface area contributed by atoms with Crippen LogP contribution in [-0.4, -0.2) is 17.9 Å². The maximum absolute atomic E-state index is 13.2. The van der Waals surface area contributed by atoms with E-state index in [9.17, 15) is 8.78 Å². The molecule has 0 fully saturated rings. The fourth-order valence-corrected chi connectivity index (χ4v) is 1.34. The predicted octanol–water partition coefficient (Wildman–Crippen LogP) is 2.56. The van der Waals surface area contributed by atoms with Crippen molar-refractivity contribution in [2.75, 3.05) is 6.54 Å². The third-order valence-electron chi connectivity index (χ3n) is 2.15. The molecule has 0 heterocycles. The summed E-state index contributed by atoms with van der Waals surface area (Å²) in [5, 5.41) is 7.09. The third-order valence-corrected chi connectivity index (χ3v) is 2.38. The van der Waals surface area contributed by atoms with Crippen LogP contribution >= 0.6 is 12.2 Å². The van der Waals surface area contributed by atoms with Crippen molar-refractivity contribution in [3.05, 3.63) is 35.4 Å². The zero-order valence-corrected chi connectivity index (χ0v) is 10.9. The number of hydrogen-bond donors (Lipinski definition) is 2. The average molecular weight is 271 g/mol. The second-order valence-electron chi connectivity index (χ2n) is 3.65. The highest BCUT2D eigenvalue weighted by Crippen LogP contribution is 2.06. The first-order valence-electron chi connectivity index (χ1n) is 5.65. The molecule has 0 aliphatic carbocycles. The molecule has 0 saturated carbocycles. The Balaban J connectivity index is 2.42. The van der Waals surface area contributed by atoms with Crippen LogP contribution < -0.4 is 10.7 Å². The van der Waals surface area contributed by atoms with Crippen LogP contribution in [0.5, 0.6) is 0 Å². The summed E-state index contributed by atoms with van der Waals surface area (Å²) in [6.45, 7) is 2.84. The van der Waals surface area contributed by atoms with Crippen molar-refractivity contribution >= 4 is 23.5 Å². The summed E-state index contributed by atoms with van der Waals surface area (Å²) >= 11 is 4.95. The number of halogens is 2. The normalized spacial score (nSPS) is 10.6. The Hall–Kier alpha value is -1.56. The largest absolute Gasteiger partial charge is 0.361 e. The molecule has 1 rings (SSSR count). The lowest BCUT2D eigenvalue weighted by molar-refractivity contribution is 0.582. The number of hydrogen-bond acceptors (Lipinski definition) is 2. The molecule has 0 atom stereocenters. The van der Waals surface area contributed by atoms with E-state index in [2.05, 4.69) is 22.8 Å². The van der Waals surface area contributed by atoms with Gasteiger partial charge < -0.3 is 5.32 Å². The lowest BCUT2D eigenvalue weighted by atomic mass is 10.2. The number of rotatable bonds is 5. The van der Waals surface area contributed by atoms with Gasteiger partial charge in [-0.3, -0.25) is 5.43 Å². The number of thiocarbonyl (C=S) groups is 1. The Morgan fingerprint density at radius 1 is 1.44 bits per heavy atom. The quantitative estimate of drug-likeness (QED) is 0.374. The molecule has 0 radical (unpaired) electrons. The van der Waals surface area contributed by atoms with Gasteiger partial charge in [0.25, 0.3) is 0 Å². The molecule has 2 N–H and O–H groups in total. The molecule has 6 heteroatoms. The standard InChI is InChI=1S/C12H15F2N3S/c1-2-3-6-15-12(18)17-16-8-9-4-5-10(13)7-11(9)14/h4-5,7-8H,2-3,6H2,1H3,(H2,15,17,18)/b16-8-. The van der Waals surface area contributed by atoms with Crippen LogP contribution in [0, 0.1) is 11.6 Å². The van der Waals surface area contributed by atoms with Gasteiger partial charge >= 0.3 is 0 Å². The SMILES string of the molecule is CCCCNC(=S)N/N=C\c1ccc(F)cc1F. The van der Waals surface area contributed by atoms with Gasteiger partial charge in [-0.15, -0.1) is 0 Å². The van der Waals surface area contributed by atoms with Crippen LogP contribution in [0.3, 0.4) is 0 Å². The Morgan fingerprint density at radius 2 is 2.22 bits per heavy atom. The Morgan fingerprint density at radius 3 is 2.89 bits per heavy atom. The number of nitrogens with zero attached hydrogens (tertiary/aromatic N) is 1. The second-order valence-corrected chi connectivity index (χ2v) is 4.05. The summed E-state index contributed by atoms with van der Waals surface area (Å²) in [5.74, 6) is -1.28. The summed E-state index contributed by atoms with van der Waals surface area (Å²) in [6, 6.07) is 3.28. The van der Waals surface area contributed by atoms with Crippen molar-refractivity contribution in [2.45, 2.75) is 19.8 Å². The summed E-state index contributed by atoms with van der Waals surface area (Å²) in [7, 11) is 0. The zero-order chi connectivity index (χ0) is 13.4. The zero-order valence-electron chi connectivity index (χ0n) is 10.0. The lowest BCUT2D eigenvalue weighted by Gasteiger charge is -2.05. The first kappa shape index (κ1) is 14.5. The predicted molar refractivity (Wildman–Crippen MR) is 72.6 cm³/mol. The van der Waals surface area contributed by atoms with Gasteiger partial charge in [-0.05, 0) is 30.8 Å². The van der Waals surface area contributed by atoms with E-state index in [4.69, 9.17) is 12.2 Å². The minimum atomic E-state index is -0.662. The smallest absolute Gasteiger partial charge is 0.186 e. The molecule has 0 unspecified atom stereocenters. The lowest BCUT2D eigenvalue weighted by Crippen LogP contribution is -2.32. The monoisotopic (exact) mass is 271 g/mol. The van der Waals surface area contributed by atoms with Crippen LogP contribution in [-0.2, 0) is 0 Å². The van der Waals surface area contributed by atoms with Gasteiger partial charge in [-0.25, -0.2) is 8.78 Å². The fraction of sp³-hybridized carbons (Fsp3) is 0.333. The van der Waals surface area contributed by atoms with Crippen molar-refractivity contribution in [3.63, 3.8) is 0 Å². The van der Waals surface area contributed by atoms with Crippen molar-refractivity contribution in [1.29, 1.82) is 0 Å². The van der Waals surface area contributed by atoms with Gasteiger partial charge in [-0.1, -0.05) is 13.3 Å². The van der Waals surface area contributed by atoms with Crippen molar-refractivity contribution < 1.29 is 8.78 Å². The third kappa shape index (κ3) is 5.18. The van der Waals surface area contributed by atoms with Crippen LogP contribution in [0.2, 0.25) is 0 Å². The molecule has 0 amide bonds. The van der Waals surface area contributed by atoms with Gasteiger partial charge in [0.05, 0.1) is 6.21 Å². The van der Waals surface area contributed by atoms with Crippen molar-refractivity contribution in [3.8, 4) is 0 Å². The molecular weight excluding hydrogens is 256 g/mol. The fourth-order valence-electron chi connectivity index (χ4n) is 1.18. The number of hydrazone groups is 1. The molecule has 18 heavy (non-hydrogen) atoms. The summed E-state index contributed by atoms with van der Waals surface area (Å²) < 4.78 is 25.9. The first-order chi connectivity index (χ1) is 8.63. The maximum atomic E-state index is 13.2. The summed E-state index contributed by atoms with van der Waals surface area (Å²) in [6.07, 6.45) is 3.33. The van der Waals surface area contributed by atoms with Gasteiger partial charge in [0, 0.05) is 18.2 Å². The topological polar surface area (TPSA) is 36.4 Å². The minimum absolute atomic E-state index is 0.195.